The lowest BCUT2D eigenvalue weighted by atomic mass is 10.1. The van der Waals surface area contributed by atoms with Crippen LogP contribution in [0.15, 0.2) is 52.2 Å². The molecule has 1 aromatic carbocycles. The molecule has 0 unspecified atom stereocenters. The first kappa shape index (κ1) is 29.1. The molecule has 1 atom stereocenters. The van der Waals surface area contributed by atoms with Crippen molar-refractivity contribution < 1.29 is 9.53 Å². The smallest absolute Gasteiger partial charge is 0.407 e. The van der Waals surface area contributed by atoms with Gasteiger partial charge < -0.3 is 19.5 Å². The minimum atomic E-state index is -0.593. The summed E-state index contributed by atoms with van der Waals surface area (Å²) >= 11 is 0. The largest absolute Gasteiger partial charge is 0.444 e. The molecule has 11 heteroatoms. The summed E-state index contributed by atoms with van der Waals surface area (Å²) < 4.78 is 10.0. The first-order chi connectivity index (χ1) is 20.0. The summed E-state index contributed by atoms with van der Waals surface area (Å²) in [7, 11) is 1.64. The van der Waals surface area contributed by atoms with Gasteiger partial charge in [0.15, 0.2) is 11.2 Å². The first-order valence-corrected chi connectivity index (χ1v) is 14.4. The molecule has 4 heterocycles. The van der Waals surface area contributed by atoms with E-state index in [1.165, 1.54) is 9.13 Å². The zero-order chi connectivity index (χ0) is 30.2. The van der Waals surface area contributed by atoms with E-state index in [1.54, 1.807) is 13.2 Å². The number of fused-ring (bicyclic) bond motifs is 2. The Balaban J connectivity index is 1.57. The molecule has 0 bridgehead atoms. The Morgan fingerprint density at radius 3 is 2.62 bits per heavy atom. The highest BCUT2D eigenvalue weighted by molar-refractivity contribution is 5.87. The van der Waals surface area contributed by atoms with Crippen LogP contribution in [0.3, 0.4) is 0 Å². The van der Waals surface area contributed by atoms with Crippen LogP contribution in [0.25, 0.3) is 21.9 Å². The van der Waals surface area contributed by atoms with Crippen molar-refractivity contribution in [2.75, 3.05) is 18.0 Å². The maximum absolute atomic E-state index is 14.1. The summed E-state index contributed by atoms with van der Waals surface area (Å²) in [5.41, 5.74) is 0.895. The van der Waals surface area contributed by atoms with Crippen LogP contribution < -0.4 is 21.5 Å². The number of piperidine rings is 1. The third-order valence-corrected chi connectivity index (χ3v) is 7.55. The molecule has 3 aromatic heterocycles. The predicted octanol–water partition coefficient (Wildman–Crippen LogP) is 3.87. The van der Waals surface area contributed by atoms with E-state index >= 15 is 0 Å². The molecule has 1 aliphatic rings. The van der Waals surface area contributed by atoms with Gasteiger partial charge in [-0.3, -0.25) is 18.9 Å². The Bertz CT molecular complexity index is 1790. The highest BCUT2D eigenvalue weighted by atomic mass is 16.6. The van der Waals surface area contributed by atoms with E-state index in [1.807, 2.05) is 75.6 Å². The number of amides is 1. The number of allylic oxidation sites excluding steroid dienone is 2. The summed E-state index contributed by atoms with van der Waals surface area (Å²) in [6.07, 6.45) is 6.81. The van der Waals surface area contributed by atoms with Crippen molar-refractivity contribution in [1.82, 2.24) is 29.0 Å². The van der Waals surface area contributed by atoms with Gasteiger partial charge in [-0.15, -0.1) is 0 Å². The fourth-order valence-electron chi connectivity index (χ4n) is 5.54. The number of nitrogens with one attached hydrogen (secondary N) is 1. The van der Waals surface area contributed by atoms with E-state index in [4.69, 9.17) is 9.72 Å². The molecule has 222 valence electrons. The van der Waals surface area contributed by atoms with Gasteiger partial charge in [-0.2, -0.15) is 4.98 Å². The topological polar surface area (TPSA) is 116 Å². The number of nitrogens with zero attached hydrogens (tertiary/aromatic N) is 6. The van der Waals surface area contributed by atoms with Crippen LogP contribution in [0, 0.1) is 6.92 Å². The second kappa shape index (κ2) is 11.5. The number of imidazole rings is 1. The summed E-state index contributed by atoms with van der Waals surface area (Å²) in [4.78, 5) is 51.6. The summed E-state index contributed by atoms with van der Waals surface area (Å²) in [5.74, 6) is 0.586. The number of carbonyl (C=O) groups excluding carboxylic acids is 1. The average molecular weight is 574 g/mol. The number of carbonyl (C=O) groups is 1. The molecule has 0 spiro atoms. The van der Waals surface area contributed by atoms with Crippen LogP contribution in [0.2, 0.25) is 0 Å². The van der Waals surface area contributed by atoms with Crippen LogP contribution >= 0.6 is 0 Å². The Kier molecular flexibility index (Phi) is 7.94. The van der Waals surface area contributed by atoms with Crippen molar-refractivity contribution in [1.29, 1.82) is 0 Å². The van der Waals surface area contributed by atoms with Gasteiger partial charge in [0.25, 0.3) is 5.56 Å². The van der Waals surface area contributed by atoms with Crippen LogP contribution in [0.5, 0.6) is 0 Å². The van der Waals surface area contributed by atoms with Crippen LogP contribution in [-0.2, 0) is 24.9 Å². The van der Waals surface area contributed by atoms with Gasteiger partial charge in [0.1, 0.15) is 5.60 Å². The van der Waals surface area contributed by atoms with Gasteiger partial charge in [-0.05, 0) is 58.4 Å². The Hall–Kier alpha value is -4.41. The van der Waals surface area contributed by atoms with Gasteiger partial charge in [-0.1, -0.05) is 36.4 Å². The molecule has 4 aromatic rings. The van der Waals surface area contributed by atoms with Crippen molar-refractivity contribution in [3.8, 4) is 0 Å². The Morgan fingerprint density at radius 1 is 1.17 bits per heavy atom. The molecule has 1 amide bonds. The Morgan fingerprint density at radius 2 is 1.90 bits per heavy atom. The molecule has 1 aliphatic heterocycles. The van der Waals surface area contributed by atoms with E-state index in [0.717, 1.165) is 29.2 Å². The lowest BCUT2D eigenvalue weighted by molar-refractivity contribution is 0.0499. The second-order valence-electron chi connectivity index (χ2n) is 11.9. The molecule has 0 aliphatic carbocycles. The number of aromatic nitrogens is 5. The lowest BCUT2D eigenvalue weighted by Crippen LogP contribution is -2.49. The van der Waals surface area contributed by atoms with Crippen molar-refractivity contribution in [2.24, 2.45) is 7.05 Å². The number of anilines is 1. The van der Waals surface area contributed by atoms with Gasteiger partial charge in [0.05, 0.1) is 12.2 Å². The van der Waals surface area contributed by atoms with Crippen molar-refractivity contribution in [3.05, 3.63) is 74.7 Å². The number of benzene rings is 1. The van der Waals surface area contributed by atoms with Crippen LogP contribution in [-0.4, -0.2) is 54.5 Å². The summed E-state index contributed by atoms with van der Waals surface area (Å²) in [6.45, 7) is 11.1. The number of ether oxygens (including phenoxy) is 1. The number of pyridine rings is 1. The Labute approximate surface area is 244 Å². The molecule has 5 rings (SSSR count). The third kappa shape index (κ3) is 5.68. The third-order valence-electron chi connectivity index (χ3n) is 7.55. The number of alkyl carbamates (subject to hydrolysis) is 1. The number of rotatable bonds is 6. The molecular formula is C31H39N7O4. The maximum atomic E-state index is 14.1. The molecule has 1 fully saturated rings. The SMILES string of the molecule is CC=CCn1c(N2CCC[C@H](NC(=O)OC(C)(C)C)C2)nc2c1c(=O)n(Cc1ncc(C)c3ccccc13)c(=O)n2C. The molecule has 11 nitrogen and oxygen atoms in total. The van der Waals surface area contributed by atoms with E-state index in [9.17, 15) is 14.4 Å². The van der Waals surface area contributed by atoms with Crippen molar-refractivity contribution >= 4 is 34.0 Å². The molecular weight excluding hydrogens is 534 g/mol. The molecule has 42 heavy (non-hydrogen) atoms. The van der Waals surface area contributed by atoms with Gasteiger partial charge in [0.2, 0.25) is 5.95 Å². The molecule has 0 saturated carbocycles. The van der Waals surface area contributed by atoms with Crippen molar-refractivity contribution in [3.63, 3.8) is 0 Å². The van der Waals surface area contributed by atoms with Gasteiger partial charge in [0, 0.05) is 44.3 Å². The first-order valence-electron chi connectivity index (χ1n) is 14.4. The minimum Gasteiger partial charge on any atom is -0.444 e. The number of hydrogen-bond acceptors (Lipinski definition) is 7. The molecule has 1 N–H and O–H groups in total. The van der Waals surface area contributed by atoms with E-state index < -0.39 is 22.9 Å². The number of hydrogen-bond donors (Lipinski definition) is 1. The predicted molar refractivity (Wildman–Crippen MR) is 164 cm³/mol. The fraction of sp³-hybridized carbons (Fsp3) is 0.452. The maximum Gasteiger partial charge on any atom is 0.407 e. The summed E-state index contributed by atoms with van der Waals surface area (Å²) in [5, 5.41) is 4.92. The second-order valence-corrected chi connectivity index (χ2v) is 11.9. The van der Waals surface area contributed by atoms with Crippen LogP contribution in [0.4, 0.5) is 10.7 Å². The summed E-state index contributed by atoms with van der Waals surface area (Å²) in [6, 6.07) is 7.72. The lowest BCUT2D eigenvalue weighted by Gasteiger charge is -2.34. The fourth-order valence-corrected chi connectivity index (χ4v) is 5.54. The quantitative estimate of drug-likeness (QED) is 0.348. The highest BCUT2D eigenvalue weighted by Gasteiger charge is 2.29. The van der Waals surface area contributed by atoms with Crippen LogP contribution in [0.1, 0.15) is 51.8 Å². The zero-order valence-corrected chi connectivity index (χ0v) is 25.2. The minimum absolute atomic E-state index is 0.0396. The van der Waals surface area contributed by atoms with E-state index in [0.29, 0.717) is 42.4 Å². The zero-order valence-electron chi connectivity index (χ0n) is 25.2. The number of aryl methyl sites for hydroxylation is 2. The van der Waals surface area contributed by atoms with E-state index in [-0.39, 0.29) is 12.6 Å². The average Bonchev–Trinajstić information content (AvgIpc) is 3.33. The molecule has 1 saturated heterocycles. The monoisotopic (exact) mass is 573 g/mol. The van der Waals surface area contributed by atoms with Gasteiger partial charge >= 0.3 is 11.8 Å². The van der Waals surface area contributed by atoms with Gasteiger partial charge in [-0.25, -0.2) is 9.59 Å². The normalized spacial score (nSPS) is 16.0. The molecule has 0 radical (unpaired) electrons. The van der Waals surface area contributed by atoms with Crippen molar-refractivity contribution in [2.45, 2.75) is 72.2 Å². The van der Waals surface area contributed by atoms with E-state index in [2.05, 4.69) is 15.2 Å². The standard InChI is InChI=1S/C31H39N7O4/c1-7-8-16-37-25-26(34-28(37)36-15-11-12-21(18-36)33-29(40)42-31(3,4)5)35(6)30(41)38(27(25)39)19-24-23-14-10-9-13-22(23)20(2)17-32-24/h7-10,13-14,17,21H,11-12,15-16,18-19H2,1-6H3,(H,33,40)/t21-/m0/s1. The highest BCUT2D eigenvalue weighted by Crippen LogP contribution is 2.25.